The van der Waals surface area contributed by atoms with Crippen LogP contribution in [0.2, 0.25) is 0 Å². The summed E-state index contributed by atoms with van der Waals surface area (Å²) in [6, 6.07) is 16.6. The third-order valence-electron chi connectivity index (χ3n) is 3.65. The SMILES string of the molecule is COCCOc1ccc(NC(=O)c2nn(-c3ccccc3)nc2C)cc1. The van der Waals surface area contributed by atoms with E-state index in [0.717, 1.165) is 5.69 Å². The second-order valence-electron chi connectivity index (χ2n) is 5.58. The van der Waals surface area contributed by atoms with Crippen LogP contribution in [0, 0.1) is 6.92 Å². The summed E-state index contributed by atoms with van der Waals surface area (Å²) in [5.74, 6) is 0.406. The zero-order valence-electron chi connectivity index (χ0n) is 14.7. The van der Waals surface area contributed by atoms with Crippen LogP contribution in [0.15, 0.2) is 54.6 Å². The molecule has 0 aliphatic rings. The molecule has 7 heteroatoms. The highest BCUT2D eigenvalue weighted by molar-refractivity contribution is 6.03. The molecule has 7 nitrogen and oxygen atoms in total. The number of carbonyl (C=O) groups is 1. The van der Waals surface area contributed by atoms with Crippen LogP contribution in [-0.2, 0) is 4.74 Å². The Balaban J connectivity index is 1.67. The fraction of sp³-hybridized carbons (Fsp3) is 0.211. The van der Waals surface area contributed by atoms with Gasteiger partial charge in [-0.15, -0.1) is 5.10 Å². The zero-order valence-corrected chi connectivity index (χ0v) is 14.7. The second-order valence-corrected chi connectivity index (χ2v) is 5.58. The standard InChI is InChI=1S/C19H20N4O3/c1-14-18(22-23(21-14)16-6-4-3-5-7-16)19(24)20-15-8-10-17(11-9-15)26-13-12-25-2/h3-11H,12-13H2,1-2H3,(H,20,24). The number of para-hydroxylation sites is 1. The number of nitrogens with one attached hydrogen (secondary N) is 1. The highest BCUT2D eigenvalue weighted by atomic mass is 16.5. The summed E-state index contributed by atoms with van der Waals surface area (Å²) in [4.78, 5) is 14.0. The van der Waals surface area contributed by atoms with Crippen molar-refractivity contribution in [3.05, 3.63) is 66.0 Å². The summed E-state index contributed by atoms with van der Waals surface area (Å²) < 4.78 is 10.4. The maximum absolute atomic E-state index is 12.5. The maximum Gasteiger partial charge on any atom is 0.278 e. The lowest BCUT2D eigenvalue weighted by Gasteiger charge is -2.07. The minimum absolute atomic E-state index is 0.286. The molecule has 0 radical (unpaired) electrons. The van der Waals surface area contributed by atoms with E-state index in [4.69, 9.17) is 9.47 Å². The van der Waals surface area contributed by atoms with Crippen LogP contribution in [-0.4, -0.2) is 41.2 Å². The summed E-state index contributed by atoms with van der Waals surface area (Å²) in [6.45, 7) is 2.76. The number of rotatable bonds is 7. The lowest BCUT2D eigenvalue weighted by atomic mass is 10.2. The molecular weight excluding hydrogens is 332 g/mol. The van der Waals surface area contributed by atoms with Crippen molar-refractivity contribution in [2.24, 2.45) is 0 Å². The van der Waals surface area contributed by atoms with Gasteiger partial charge in [0.15, 0.2) is 5.69 Å². The number of aryl methyl sites for hydroxylation is 1. The Bertz CT molecular complexity index is 860. The van der Waals surface area contributed by atoms with Crippen LogP contribution in [0.1, 0.15) is 16.2 Å². The van der Waals surface area contributed by atoms with Crippen LogP contribution >= 0.6 is 0 Å². The van der Waals surface area contributed by atoms with Crippen molar-refractivity contribution in [1.82, 2.24) is 15.0 Å². The lowest BCUT2D eigenvalue weighted by molar-refractivity contribution is 0.102. The van der Waals surface area contributed by atoms with Gasteiger partial charge >= 0.3 is 0 Å². The van der Waals surface area contributed by atoms with Gasteiger partial charge in [0, 0.05) is 12.8 Å². The third kappa shape index (κ3) is 4.25. The summed E-state index contributed by atoms with van der Waals surface area (Å²) >= 11 is 0. The van der Waals surface area contributed by atoms with Crippen molar-refractivity contribution in [3.63, 3.8) is 0 Å². The van der Waals surface area contributed by atoms with E-state index in [0.29, 0.717) is 30.3 Å². The van der Waals surface area contributed by atoms with Crippen molar-refractivity contribution >= 4 is 11.6 Å². The van der Waals surface area contributed by atoms with E-state index in [9.17, 15) is 4.79 Å². The normalized spacial score (nSPS) is 10.5. The zero-order chi connectivity index (χ0) is 18.4. The van der Waals surface area contributed by atoms with Crippen LogP contribution in [0.4, 0.5) is 5.69 Å². The van der Waals surface area contributed by atoms with E-state index in [1.54, 1.807) is 38.3 Å². The van der Waals surface area contributed by atoms with Crippen molar-refractivity contribution in [2.75, 3.05) is 25.6 Å². The van der Waals surface area contributed by atoms with E-state index >= 15 is 0 Å². The molecule has 0 unspecified atom stereocenters. The first-order valence-electron chi connectivity index (χ1n) is 8.20. The van der Waals surface area contributed by atoms with E-state index in [-0.39, 0.29) is 11.6 Å². The fourth-order valence-corrected chi connectivity index (χ4v) is 2.33. The Hall–Kier alpha value is -3.19. The van der Waals surface area contributed by atoms with Crippen LogP contribution in [0.25, 0.3) is 5.69 Å². The maximum atomic E-state index is 12.5. The Morgan fingerprint density at radius 2 is 1.77 bits per heavy atom. The molecule has 0 saturated carbocycles. The summed E-state index contributed by atoms with van der Waals surface area (Å²) in [5.41, 5.74) is 2.30. The first kappa shape index (κ1) is 17.6. The molecule has 1 N–H and O–H groups in total. The summed E-state index contributed by atoms with van der Waals surface area (Å²) in [5, 5.41) is 11.4. The summed E-state index contributed by atoms with van der Waals surface area (Å²) in [6.07, 6.45) is 0. The Kier molecular flexibility index (Phi) is 5.60. The molecule has 1 amide bonds. The molecule has 0 bridgehead atoms. The minimum atomic E-state index is -0.308. The molecule has 0 fully saturated rings. The highest BCUT2D eigenvalue weighted by Crippen LogP contribution is 2.17. The number of aromatic nitrogens is 3. The van der Waals surface area contributed by atoms with Gasteiger partial charge in [0.1, 0.15) is 12.4 Å². The molecule has 0 aliphatic carbocycles. The first-order valence-corrected chi connectivity index (χ1v) is 8.20. The van der Waals surface area contributed by atoms with Crippen molar-refractivity contribution in [1.29, 1.82) is 0 Å². The Morgan fingerprint density at radius 3 is 2.46 bits per heavy atom. The molecular formula is C19H20N4O3. The molecule has 3 rings (SSSR count). The Morgan fingerprint density at radius 1 is 1.04 bits per heavy atom. The van der Waals surface area contributed by atoms with Gasteiger partial charge in [-0.3, -0.25) is 4.79 Å². The van der Waals surface area contributed by atoms with Gasteiger partial charge in [0.05, 0.1) is 18.0 Å². The van der Waals surface area contributed by atoms with Gasteiger partial charge in [-0.1, -0.05) is 18.2 Å². The minimum Gasteiger partial charge on any atom is -0.491 e. The van der Waals surface area contributed by atoms with E-state index in [2.05, 4.69) is 15.5 Å². The second kappa shape index (κ2) is 8.26. The van der Waals surface area contributed by atoms with Gasteiger partial charge in [0.2, 0.25) is 0 Å². The van der Waals surface area contributed by atoms with E-state index in [1.165, 1.54) is 4.80 Å². The number of anilines is 1. The number of benzene rings is 2. The Labute approximate surface area is 151 Å². The van der Waals surface area contributed by atoms with Gasteiger partial charge in [-0.2, -0.15) is 9.90 Å². The quantitative estimate of drug-likeness (QED) is 0.662. The van der Waals surface area contributed by atoms with Gasteiger partial charge < -0.3 is 14.8 Å². The molecule has 1 aromatic heterocycles. The molecule has 0 spiro atoms. The molecule has 0 aliphatic heterocycles. The van der Waals surface area contributed by atoms with E-state index < -0.39 is 0 Å². The summed E-state index contributed by atoms with van der Waals surface area (Å²) in [7, 11) is 1.62. The number of amides is 1. The van der Waals surface area contributed by atoms with Crippen molar-refractivity contribution < 1.29 is 14.3 Å². The predicted octanol–water partition coefficient (Wildman–Crippen LogP) is 2.85. The smallest absolute Gasteiger partial charge is 0.278 e. The number of methoxy groups -OCH3 is 1. The molecule has 3 aromatic rings. The average molecular weight is 352 g/mol. The van der Waals surface area contributed by atoms with Crippen LogP contribution < -0.4 is 10.1 Å². The largest absolute Gasteiger partial charge is 0.491 e. The third-order valence-corrected chi connectivity index (χ3v) is 3.65. The number of hydrogen-bond acceptors (Lipinski definition) is 5. The predicted molar refractivity (Wildman–Crippen MR) is 97.9 cm³/mol. The molecule has 26 heavy (non-hydrogen) atoms. The topological polar surface area (TPSA) is 78.3 Å². The van der Waals surface area contributed by atoms with Gasteiger partial charge in [-0.25, -0.2) is 0 Å². The van der Waals surface area contributed by atoms with E-state index in [1.807, 2.05) is 30.3 Å². The molecule has 0 atom stereocenters. The van der Waals surface area contributed by atoms with Crippen molar-refractivity contribution in [2.45, 2.75) is 6.92 Å². The fourth-order valence-electron chi connectivity index (χ4n) is 2.33. The number of nitrogens with zero attached hydrogens (tertiary/aromatic N) is 3. The number of hydrogen-bond donors (Lipinski definition) is 1. The number of ether oxygens (including phenoxy) is 2. The van der Waals surface area contributed by atoms with Crippen molar-refractivity contribution in [3.8, 4) is 11.4 Å². The number of carbonyl (C=O) groups excluding carboxylic acids is 1. The van der Waals surface area contributed by atoms with Crippen LogP contribution in [0.3, 0.4) is 0 Å². The molecule has 134 valence electrons. The molecule has 2 aromatic carbocycles. The highest BCUT2D eigenvalue weighted by Gasteiger charge is 2.16. The monoisotopic (exact) mass is 352 g/mol. The lowest BCUT2D eigenvalue weighted by Crippen LogP contribution is -2.14. The molecule has 1 heterocycles. The van der Waals surface area contributed by atoms with Gasteiger partial charge in [0.25, 0.3) is 5.91 Å². The van der Waals surface area contributed by atoms with Gasteiger partial charge in [-0.05, 0) is 43.3 Å². The van der Waals surface area contributed by atoms with Crippen LogP contribution in [0.5, 0.6) is 5.75 Å². The molecule has 0 saturated heterocycles. The first-order chi connectivity index (χ1) is 12.7. The average Bonchev–Trinajstić information content (AvgIpc) is 3.06.